The van der Waals surface area contributed by atoms with Crippen molar-refractivity contribution in [1.29, 1.82) is 0 Å². The van der Waals surface area contributed by atoms with E-state index in [1.165, 1.54) is 6.42 Å². The number of carbonyl (C=O) groups is 1. The molecule has 1 aromatic heterocycles. The van der Waals surface area contributed by atoms with Gasteiger partial charge < -0.3 is 14.4 Å². The lowest BCUT2D eigenvalue weighted by atomic mass is 10.1. The Morgan fingerprint density at radius 3 is 2.60 bits per heavy atom. The summed E-state index contributed by atoms with van der Waals surface area (Å²) in [6.45, 7) is 3.43. The number of carboxylic acids is 1. The molecule has 0 saturated carbocycles. The van der Waals surface area contributed by atoms with Crippen molar-refractivity contribution in [3.63, 3.8) is 0 Å². The molecule has 82 valence electrons. The monoisotopic (exact) mass is 210 g/mol. The molecule has 1 saturated heterocycles. The number of aryl methyl sites for hydroxylation is 1. The molecule has 1 fully saturated rings. The maximum Gasteiger partial charge on any atom is 0.358 e. The summed E-state index contributed by atoms with van der Waals surface area (Å²) < 4.78 is 5.35. The number of hydrogen-bond donors (Lipinski definition) is 1. The van der Waals surface area contributed by atoms with Crippen molar-refractivity contribution in [2.75, 3.05) is 18.0 Å². The van der Waals surface area contributed by atoms with Crippen LogP contribution in [0.2, 0.25) is 0 Å². The Balaban J connectivity index is 2.21. The lowest BCUT2D eigenvalue weighted by Crippen LogP contribution is -2.29. The predicted octanol–water partition coefficient (Wildman–Crippen LogP) is 1.67. The maximum atomic E-state index is 10.8. The highest BCUT2D eigenvalue weighted by Gasteiger charge is 2.21. The molecule has 0 bridgehead atoms. The maximum absolute atomic E-state index is 10.8. The van der Waals surface area contributed by atoms with Crippen molar-refractivity contribution in [2.45, 2.75) is 26.2 Å². The van der Waals surface area contributed by atoms with Gasteiger partial charge in [0.25, 0.3) is 6.01 Å². The van der Waals surface area contributed by atoms with Crippen LogP contribution in [-0.4, -0.2) is 29.1 Å². The number of nitrogens with zero attached hydrogens (tertiary/aromatic N) is 2. The number of hydrogen-bond acceptors (Lipinski definition) is 4. The van der Waals surface area contributed by atoms with Gasteiger partial charge in [-0.3, -0.25) is 0 Å². The minimum Gasteiger partial charge on any atom is -0.476 e. The zero-order valence-corrected chi connectivity index (χ0v) is 8.69. The van der Waals surface area contributed by atoms with Crippen LogP contribution >= 0.6 is 0 Å². The van der Waals surface area contributed by atoms with Gasteiger partial charge >= 0.3 is 5.97 Å². The summed E-state index contributed by atoms with van der Waals surface area (Å²) in [5.74, 6) is -0.650. The van der Waals surface area contributed by atoms with Crippen molar-refractivity contribution in [2.24, 2.45) is 0 Å². The van der Waals surface area contributed by atoms with Crippen LogP contribution in [0.4, 0.5) is 6.01 Å². The highest BCUT2D eigenvalue weighted by atomic mass is 16.4. The Kier molecular flexibility index (Phi) is 2.62. The second-order valence-corrected chi connectivity index (χ2v) is 3.75. The summed E-state index contributed by atoms with van der Waals surface area (Å²) in [6.07, 6.45) is 3.45. The Morgan fingerprint density at radius 2 is 2.07 bits per heavy atom. The Morgan fingerprint density at radius 1 is 1.40 bits per heavy atom. The number of carboxylic acid groups (broad SMARTS) is 1. The fourth-order valence-corrected chi connectivity index (χ4v) is 1.80. The minimum absolute atomic E-state index is 0.0237. The summed E-state index contributed by atoms with van der Waals surface area (Å²) in [5, 5.41) is 8.84. The summed E-state index contributed by atoms with van der Waals surface area (Å²) >= 11 is 0. The number of piperidine rings is 1. The average Bonchev–Trinajstić information content (AvgIpc) is 2.62. The van der Waals surface area contributed by atoms with E-state index >= 15 is 0 Å². The first kappa shape index (κ1) is 10.0. The topological polar surface area (TPSA) is 66.6 Å². The molecule has 0 spiro atoms. The molecule has 1 aliphatic rings. The van der Waals surface area contributed by atoms with Gasteiger partial charge in [0.1, 0.15) is 5.76 Å². The molecule has 2 heterocycles. The van der Waals surface area contributed by atoms with Crippen molar-refractivity contribution >= 4 is 12.0 Å². The van der Waals surface area contributed by atoms with E-state index < -0.39 is 5.97 Å². The van der Waals surface area contributed by atoms with Gasteiger partial charge in [-0.15, -0.1) is 0 Å². The predicted molar refractivity (Wildman–Crippen MR) is 54.3 cm³/mol. The molecular weight excluding hydrogens is 196 g/mol. The van der Waals surface area contributed by atoms with E-state index in [1.54, 1.807) is 6.92 Å². The molecule has 5 heteroatoms. The molecule has 0 unspecified atom stereocenters. The van der Waals surface area contributed by atoms with Gasteiger partial charge in [0.2, 0.25) is 0 Å². The molecule has 0 aliphatic carbocycles. The van der Waals surface area contributed by atoms with Gasteiger partial charge in [-0.05, 0) is 26.2 Å². The quantitative estimate of drug-likeness (QED) is 0.804. The van der Waals surface area contributed by atoms with Crippen molar-refractivity contribution in [3.05, 3.63) is 11.5 Å². The van der Waals surface area contributed by atoms with Crippen LogP contribution in [-0.2, 0) is 0 Å². The number of oxazole rings is 1. The van der Waals surface area contributed by atoms with E-state index in [4.69, 9.17) is 9.52 Å². The minimum atomic E-state index is -1.03. The molecule has 0 radical (unpaired) electrons. The lowest BCUT2D eigenvalue weighted by molar-refractivity contribution is 0.0689. The Hall–Kier alpha value is -1.52. The average molecular weight is 210 g/mol. The van der Waals surface area contributed by atoms with Gasteiger partial charge in [0.15, 0.2) is 5.69 Å². The van der Waals surface area contributed by atoms with Crippen LogP contribution < -0.4 is 4.90 Å². The molecular formula is C10H14N2O3. The number of anilines is 1. The van der Waals surface area contributed by atoms with Crippen LogP contribution in [0, 0.1) is 6.92 Å². The summed E-state index contributed by atoms with van der Waals surface area (Å²) in [5.41, 5.74) is 0.0237. The third-order valence-corrected chi connectivity index (χ3v) is 2.61. The molecule has 5 nitrogen and oxygen atoms in total. The highest BCUT2D eigenvalue weighted by molar-refractivity contribution is 5.86. The fraction of sp³-hybridized carbons (Fsp3) is 0.600. The lowest BCUT2D eigenvalue weighted by Gasteiger charge is -2.24. The summed E-state index contributed by atoms with van der Waals surface area (Å²) in [6, 6.07) is 0.449. The van der Waals surface area contributed by atoms with Crippen LogP contribution in [0.25, 0.3) is 0 Å². The van der Waals surface area contributed by atoms with Crippen LogP contribution in [0.5, 0.6) is 0 Å². The molecule has 1 aliphatic heterocycles. The Labute approximate surface area is 87.7 Å². The van der Waals surface area contributed by atoms with Crippen molar-refractivity contribution in [1.82, 2.24) is 4.98 Å². The molecule has 0 atom stereocenters. The first-order valence-electron chi connectivity index (χ1n) is 5.14. The second kappa shape index (κ2) is 3.92. The van der Waals surface area contributed by atoms with E-state index in [0.29, 0.717) is 11.8 Å². The highest BCUT2D eigenvalue weighted by Crippen LogP contribution is 2.21. The summed E-state index contributed by atoms with van der Waals surface area (Å²) in [7, 11) is 0. The molecule has 1 aromatic rings. The van der Waals surface area contributed by atoms with Gasteiger partial charge in [-0.25, -0.2) is 4.79 Å². The fourth-order valence-electron chi connectivity index (χ4n) is 1.80. The van der Waals surface area contributed by atoms with E-state index in [9.17, 15) is 4.79 Å². The Bertz CT molecular complexity index is 367. The summed E-state index contributed by atoms with van der Waals surface area (Å²) in [4.78, 5) is 16.8. The number of aromatic carboxylic acids is 1. The largest absolute Gasteiger partial charge is 0.476 e. The molecule has 0 aromatic carbocycles. The first-order chi connectivity index (χ1) is 7.18. The molecule has 15 heavy (non-hydrogen) atoms. The van der Waals surface area contributed by atoms with Gasteiger partial charge in [0.05, 0.1) is 0 Å². The van der Waals surface area contributed by atoms with Crippen molar-refractivity contribution in [3.8, 4) is 0 Å². The smallest absolute Gasteiger partial charge is 0.358 e. The van der Waals surface area contributed by atoms with Crippen LogP contribution in [0.15, 0.2) is 4.42 Å². The van der Waals surface area contributed by atoms with Gasteiger partial charge in [-0.2, -0.15) is 4.98 Å². The second-order valence-electron chi connectivity index (χ2n) is 3.75. The first-order valence-corrected chi connectivity index (χ1v) is 5.14. The van der Waals surface area contributed by atoms with Crippen molar-refractivity contribution < 1.29 is 14.3 Å². The zero-order chi connectivity index (χ0) is 10.8. The third-order valence-electron chi connectivity index (χ3n) is 2.61. The normalized spacial score (nSPS) is 16.7. The van der Waals surface area contributed by atoms with Crippen LogP contribution in [0.1, 0.15) is 35.5 Å². The number of aromatic nitrogens is 1. The third kappa shape index (κ3) is 1.95. The van der Waals surface area contributed by atoms with Crippen LogP contribution in [0.3, 0.4) is 0 Å². The van der Waals surface area contributed by atoms with E-state index in [0.717, 1.165) is 25.9 Å². The van der Waals surface area contributed by atoms with Gasteiger partial charge in [-0.1, -0.05) is 0 Å². The molecule has 0 amide bonds. The van der Waals surface area contributed by atoms with Gasteiger partial charge in [0, 0.05) is 13.1 Å². The SMILES string of the molecule is Cc1oc(N2CCCCC2)nc1C(=O)O. The molecule has 2 rings (SSSR count). The van der Waals surface area contributed by atoms with E-state index in [2.05, 4.69) is 4.98 Å². The van der Waals surface area contributed by atoms with E-state index in [1.807, 2.05) is 4.90 Å². The number of rotatable bonds is 2. The van der Waals surface area contributed by atoms with E-state index in [-0.39, 0.29) is 5.69 Å². The molecule has 1 N–H and O–H groups in total. The standard InChI is InChI=1S/C10H14N2O3/c1-7-8(9(13)14)11-10(15-7)12-5-3-2-4-6-12/h2-6H2,1H3,(H,13,14). The zero-order valence-electron chi connectivity index (χ0n) is 8.69.